The predicted molar refractivity (Wildman–Crippen MR) is 83.4 cm³/mol. The maximum atomic E-state index is 12.5. The zero-order valence-corrected chi connectivity index (χ0v) is 13.3. The highest BCUT2D eigenvalue weighted by Crippen LogP contribution is 2.41. The van der Waals surface area contributed by atoms with Crippen LogP contribution in [0.5, 0.6) is 0 Å². The van der Waals surface area contributed by atoms with Gasteiger partial charge in [-0.25, -0.2) is 0 Å². The number of nitrogens with one attached hydrogen (secondary N) is 1. The predicted octanol–water partition coefficient (Wildman–Crippen LogP) is 4.74. The van der Waals surface area contributed by atoms with Crippen molar-refractivity contribution in [1.29, 1.82) is 0 Å². The van der Waals surface area contributed by atoms with Crippen molar-refractivity contribution in [3.63, 3.8) is 0 Å². The fourth-order valence-corrected chi connectivity index (χ4v) is 3.29. The zero-order valence-electron chi connectivity index (χ0n) is 11.7. The van der Waals surface area contributed by atoms with Gasteiger partial charge < -0.3 is 5.32 Å². The first kappa shape index (κ1) is 14.6. The summed E-state index contributed by atoms with van der Waals surface area (Å²) in [4.78, 5) is 12.5. The van der Waals surface area contributed by atoms with E-state index in [9.17, 15) is 4.79 Å². The molecular weight excluding hydrogens is 302 g/mol. The molecule has 3 heteroatoms. The molecule has 0 saturated heterocycles. The number of alkyl halides is 1. The maximum Gasteiger partial charge on any atom is 0.228 e. The molecule has 1 atom stereocenters. The van der Waals surface area contributed by atoms with Gasteiger partial charge in [-0.05, 0) is 36.0 Å². The van der Waals surface area contributed by atoms with Crippen molar-refractivity contribution in [3.05, 3.63) is 29.8 Å². The van der Waals surface area contributed by atoms with Gasteiger partial charge in [0.2, 0.25) is 5.91 Å². The Balaban J connectivity index is 2.07. The van der Waals surface area contributed by atoms with E-state index in [4.69, 9.17) is 0 Å². The van der Waals surface area contributed by atoms with E-state index in [0.29, 0.717) is 0 Å². The highest BCUT2D eigenvalue weighted by atomic mass is 79.9. The lowest BCUT2D eigenvalue weighted by molar-refractivity contribution is -0.124. The van der Waals surface area contributed by atoms with Gasteiger partial charge in [-0.1, -0.05) is 54.8 Å². The minimum absolute atomic E-state index is 0.120. The smallest absolute Gasteiger partial charge is 0.228 e. The third-order valence-corrected chi connectivity index (χ3v) is 4.82. The zero-order chi connectivity index (χ0) is 13.9. The summed E-state index contributed by atoms with van der Waals surface area (Å²) in [5, 5.41) is 3.89. The molecular formula is C16H22BrNO. The van der Waals surface area contributed by atoms with E-state index in [1.54, 1.807) is 0 Å². The normalized spacial score (nSPS) is 21.9. The summed E-state index contributed by atoms with van der Waals surface area (Å²) >= 11 is 3.44. The summed E-state index contributed by atoms with van der Waals surface area (Å²) in [6, 6.07) is 8.02. The summed E-state index contributed by atoms with van der Waals surface area (Å²) in [5.41, 5.74) is 2.21. The molecule has 2 rings (SSSR count). The van der Waals surface area contributed by atoms with Crippen LogP contribution in [-0.2, 0) is 10.1 Å². The summed E-state index contributed by atoms with van der Waals surface area (Å²) in [5.74, 6) is 0.310. The first-order valence-corrected chi connectivity index (χ1v) is 8.11. The molecule has 1 aromatic carbocycles. The molecule has 0 heterocycles. The molecule has 2 nitrogen and oxygen atoms in total. The van der Waals surface area contributed by atoms with Gasteiger partial charge in [0.25, 0.3) is 0 Å². The molecule has 1 unspecified atom stereocenters. The second-order valence-corrected chi connectivity index (χ2v) is 6.67. The van der Waals surface area contributed by atoms with Gasteiger partial charge in [0.05, 0.1) is 0 Å². The molecule has 0 radical (unpaired) electrons. The molecule has 0 spiro atoms. The SMILES string of the molecule is CC1(C)CCCCC1C(=O)Nc1cccc(CBr)c1. The largest absolute Gasteiger partial charge is 0.326 e. The average molecular weight is 324 g/mol. The highest BCUT2D eigenvalue weighted by Gasteiger charge is 2.37. The molecule has 1 amide bonds. The van der Waals surface area contributed by atoms with Crippen molar-refractivity contribution in [3.8, 4) is 0 Å². The Morgan fingerprint density at radius 3 is 2.89 bits per heavy atom. The molecule has 19 heavy (non-hydrogen) atoms. The van der Waals surface area contributed by atoms with Crippen LogP contribution in [0, 0.1) is 11.3 Å². The average Bonchev–Trinajstić information content (AvgIpc) is 2.38. The van der Waals surface area contributed by atoms with Crippen molar-refractivity contribution >= 4 is 27.5 Å². The summed E-state index contributed by atoms with van der Waals surface area (Å²) < 4.78 is 0. The van der Waals surface area contributed by atoms with Crippen LogP contribution in [-0.4, -0.2) is 5.91 Å². The summed E-state index contributed by atoms with van der Waals surface area (Å²) in [6.45, 7) is 4.43. The fourth-order valence-electron chi connectivity index (χ4n) is 2.94. The molecule has 1 aromatic rings. The number of hydrogen-bond acceptors (Lipinski definition) is 1. The van der Waals surface area contributed by atoms with Gasteiger partial charge in [-0.15, -0.1) is 0 Å². The Kier molecular flexibility index (Phi) is 4.67. The lowest BCUT2D eigenvalue weighted by Crippen LogP contribution is -2.37. The number of rotatable bonds is 3. The van der Waals surface area contributed by atoms with Crippen LogP contribution < -0.4 is 5.32 Å². The monoisotopic (exact) mass is 323 g/mol. The highest BCUT2D eigenvalue weighted by molar-refractivity contribution is 9.08. The molecule has 1 saturated carbocycles. The van der Waals surface area contributed by atoms with E-state index < -0.39 is 0 Å². The Morgan fingerprint density at radius 2 is 2.21 bits per heavy atom. The Morgan fingerprint density at radius 1 is 1.42 bits per heavy atom. The number of carbonyl (C=O) groups excluding carboxylic acids is 1. The minimum Gasteiger partial charge on any atom is -0.326 e. The number of halogens is 1. The topological polar surface area (TPSA) is 29.1 Å². The van der Waals surface area contributed by atoms with Crippen LogP contribution in [0.1, 0.15) is 45.1 Å². The quantitative estimate of drug-likeness (QED) is 0.800. The van der Waals surface area contributed by atoms with Gasteiger partial charge in [0.1, 0.15) is 0 Å². The molecule has 0 aliphatic heterocycles. The van der Waals surface area contributed by atoms with E-state index in [-0.39, 0.29) is 17.2 Å². The second kappa shape index (κ2) is 6.08. The van der Waals surface area contributed by atoms with Gasteiger partial charge in [-0.2, -0.15) is 0 Å². The van der Waals surface area contributed by atoms with Gasteiger partial charge in [0, 0.05) is 16.9 Å². The van der Waals surface area contributed by atoms with Crippen molar-refractivity contribution in [1.82, 2.24) is 0 Å². The van der Waals surface area contributed by atoms with E-state index >= 15 is 0 Å². The first-order valence-electron chi connectivity index (χ1n) is 6.99. The van der Waals surface area contributed by atoms with Gasteiger partial charge in [-0.3, -0.25) is 4.79 Å². The van der Waals surface area contributed by atoms with Crippen molar-refractivity contribution < 1.29 is 4.79 Å². The molecule has 1 fully saturated rings. The van der Waals surface area contributed by atoms with Gasteiger partial charge >= 0.3 is 0 Å². The Labute approximate surface area is 124 Å². The number of amides is 1. The van der Waals surface area contributed by atoms with Gasteiger partial charge in [0.15, 0.2) is 0 Å². The van der Waals surface area contributed by atoms with E-state index in [0.717, 1.165) is 23.9 Å². The first-order chi connectivity index (χ1) is 9.03. The minimum atomic E-state index is 0.120. The number of hydrogen-bond donors (Lipinski definition) is 1. The molecule has 0 aromatic heterocycles. The van der Waals surface area contributed by atoms with E-state index in [1.165, 1.54) is 18.4 Å². The number of anilines is 1. The van der Waals surface area contributed by atoms with Crippen LogP contribution >= 0.6 is 15.9 Å². The van der Waals surface area contributed by atoms with Crippen LogP contribution in [0.3, 0.4) is 0 Å². The van der Waals surface area contributed by atoms with Crippen LogP contribution in [0.4, 0.5) is 5.69 Å². The van der Waals surface area contributed by atoms with Crippen LogP contribution in [0.25, 0.3) is 0 Å². The standard InChI is InChI=1S/C16H22BrNO/c1-16(2)9-4-3-8-14(16)15(19)18-13-7-5-6-12(10-13)11-17/h5-7,10,14H,3-4,8-9,11H2,1-2H3,(H,18,19). The fraction of sp³-hybridized carbons (Fsp3) is 0.562. The maximum absolute atomic E-state index is 12.5. The number of carbonyl (C=O) groups is 1. The van der Waals surface area contributed by atoms with Crippen LogP contribution in [0.15, 0.2) is 24.3 Å². The van der Waals surface area contributed by atoms with E-state index in [1.807, 2.05) is 18.2 Å². The van der Waals surface area contributed by atoms with Crippen molar-refractivity contribution in [2.75, 3.05) is 5.32 Å². The summed E-state index contributed by atoms with van der Waals surface area (Å²) in [7, 11) is 0. The lowest BCUT2D eigenvalue weighted by atomic mass is 9.68. The van der Waals surface area contributed by atoms with Crippen LogP contribution in [0.2, 0.25) is 0 Å². The lowest BCUT2D eigenvalue weighted by Gasteiger charge is -2.37. The van der Waals surface area contributed by atoms with Crippen molar-refractivity contribution in [2.45, 2.75) is 44.9 Å². The Hall–Kier alpha value is -0.830. The summed E-state index contributed by atoms with van der Waals surface area (Å²) in [6.07, 6.45) is 4.57. The third-order valence-electron chi connectivity index (χ3n) is 4.17. The van der Waals surface area contributed by atoms with Crippen molar-refractivity contribution in [2.24, 2.45) is 11.3 Å². The Bertz CT molecular complexity index is 456. The third kappa shape index (κ3) is 3.59. The van der Waals surface area contributed by atoms with E-state index in [2.05, 4.69) is 41.2 Å². The molecule has 104 valence electrons. The molecule has 1 aliphatic carbocycles. The second-order valence-electron chi connectivity index (χ2n) is 6.11. The number of benzene rings is 1. The molecule has 0 bridgehead atoms. The molecule has 1 N–H and O–H groups in total. The molecule has 1 aliphatic rings.